The van der Waals surface area contributed by atoms with Crippen LogP contribution in [0.3, 0.4) is 0 Å². The number of amides is 2. The number of ether oxygens (including phenoxy) is 1. The lowest BCUT2D eigenvalue weighted by Gasteiger charge is -2.19. The Balaban J connectivity index is 1.87. The van der Waals surface area contributed by atoms with Gasteiger partial charge in [0.25, 0.3) is 0 Å². The molecule has 1 aromatic heterocycles. The van der Waals surface area contributed by atoms with Gasteiger partial charge in [-0.25, -0.2) is 9.78 Å². The molecule has 0 saturated heterocycles. The quantitative estimate of drug-likeness (QED) is 0.831. The second-order valence-corrected chi connectivity index (χ2v) is 6.80. The van der Waals surface area contributed by atoms with E-state index in [2.05, 4.69) is 16.6 Å². The first kappa shape index (κ1) is 17.6. The van der Waals surface area contributed by atoms with Gasteiger partial charge in [-0.1, -0.05) is 18.2 Å². The summed E-state index contributed by atoms with van der Waals surface area (Å²) in [6.45, 7) is 0.935. The zero-order valence-electron chi connectivity index (χ0n) is 13.5. The number of aromatic nitrogens is 1. The largest absolute Gasteiger partial charge is 0.496 e. The summed E-state index contributed by atoms with van der Waals surface area (Å²) in [4.78, 5) is 18.3. The molecule has 124 valence electrons. The minimum absolute atomic E-state index is 0.129. The van der Waals surface area contributed by atoms with Gasteiger partial charge in [0.2, 0.25) is 0 Å². The van der Waals surface area contributed by atoms with Gasteiger partial charge >= 0.3 is 6.03 Å². The van der Waals surface area contributed by atoms with Gasteiger partial charge in [0.1, 0.15) is 10.8 Å². The van der Waals surface area contributed by atoms with Gasteiger partial charge in [0.05, 0.1) is 25.9 Å². The number of hydrogen-bond acceptors (Lipinski definition) is 5. The van der Waals surface area contributed by atoms with Crippen molar-refractivity contribution in [2.75, 3.05) is 20.4 Å². The van der Waals surface area contributed by atoms with Crippen LogP contribution in [0.2, 0.25) is 0 Å². The molecule has 0 aliphatic heterocycles. The summed E-state index contributed by atoms with van der Waals surface area (Å²) in [5.74, 6) is 1.69. The average molecular weight is 351 g/mol. The highest BCUT2D eigenvalue weighted by molar-refractivity contribution is 7.97. The second kappa shape index (κ2) is 8.79. The van der Waals surface area contributed by atoms with E-state index in [0.717, 1.165) is 27.8 Å². The molecular formula is C16H21N3O2S2. The molecule has 0 fully saturated rings. The molecule has 0 saturated carbocycles. The summed E-state index contributed by atoms with van der Waals surface area (Å²) < 4.78 is 5.31. The summed E-state index contributed by atoms with van der Waals surface area (Å²) in [5.41, 5.74) is 1.88. The summed E-state index contributed by atoms with van der Waals surface area (Å²) in [5, 5.41) is 5.97. The van der Waals surface area contributed by atoms with E-state index in [9.17, 15) is 4.79 Å². The van der Waals surface area contributed by atoms with Crippen LogP contribution in [0, 0.1) is 0 Å². The second-order valence-electron chi connectivity index (χ2n) is 4.99. The monoisotopic (exact) mass is 351 g/mol. The van der Waals surface area contributed by atoms with Crippen LogP contribution in [-0.4, -0.2) is 36.3 Å². The van der Waals surface area contributed by atoms with Gasteiger partial charge in [-0.15, -0.1) is 11.3 Å². The molecule has 1 N–H and O–H groups in total. The Bertz CT molecular complexity index is 646. The van der Waals surface area contributed by atoms with Crippen LogP contribution < -0.4 is 10.1 Å². The Morgan fingerprint density at radius 3 is 2.96 bits per heavy atom. The molecule has 0 atom stereocenters. The first-order chi connectivity index (χ1) is 11.1. The van der Waals surface area contributed by atoms with Crippen molar-refractivity contribution in [1.82, 2.24) is 15.2 Å². The van der Waals surface area contributed by atoms with E-state index in [4.69, 9.17) is 4.74 Å². The van der Waals surface area contributed by atoms with Gasteiger partial charge in [-0.05, 0) is 12.3 Å². The number of carbonyl (C=O) groups is 1. The van der Waals surface area contributed by atoms with E-state index in [-0.39, 0.29) is 6.03 Å². The summed E-state index contributed by atoms with van der Waals surface area (Å²) >= 11 is 3.37. The highest BCUT2D eigenvalue weighted by Gasteiger charge is 2.12. The number of nitrogens with one attached hydrogen (secondary N) is 1. The van der Waals surface area contributed by atoms with Crippen LogP contribution in [0.5, 0.6) is 5.75 Å². The maximum absolute atomic E-state index is 12.2. The fourth-order valence-electron chi connectivity index (χ4n) is 2.08. The van der Waals surface area contributed by atoms with Crippen molar-refractivity contribution in [3.8, 4) is 5.75 Å². The lowest BCUT2D eigenvalue weighted by atomic mass is 10.2. The molecule has 5 nitrogen and oxygen atoms in total. The first-order valence-corrected chi connectivity index (χ1v) is 9.44. The number of rotatable bonds is 7. The molecule has 0 radical (unpaired) electrons. The fraction of sp³-hybridized carbons (Fsp3) is 0.375. The van der Waals surface area contributed by atoms with Crippen molar-refractivity contribution in [1.29, 1.82) is 0 Å². The Morgan fingerprint density at radius 1 is 1.43 bits per heavy atom. The van der Waals surface area contributed by atoms with Crippen molar-refractivity contribution in [2.24, 2.45) is 0 Å². The zero-order valence-corrected chi connectivity index (χ0v) is 15.2. The smallest absolute Gasteiger partial charge is 0.317 e. The Morgan fingerprint density at radius 2 is 2.22 bits per heavy atom. The standard InChI is InChI=1S/C16H21N3O2S2/c1-19(9-12-6-4-5-7-14(12)21-2)16(20)17-8-13-10-23-15(18-13)11-22-3/h4-7,10H,8-9,11H2,1-3H3,(H,17,20). The molecule has 2 rings (SSSR count). The third-order valence-corrected chi connectivity index (χ3v) is 4.88. The molecule has 0 aliphatic carbocycles. The number of benzene rings is 1. The minimum atomic E-state index is -0.129. The van der Waals surface area contributed by atoms with E-state index >= 15 is 0 Å². The number of carbonyl (C=O) groups excluding carboxylic acids is 1. The number of thiazole rings is 1. The third-order valence-electron chi connectivity index (χ3n) is 3.23. The molecule has 0 spiro atoms. The Labute approximate surface area is 145 Å². The van der Waals surface area contributed by atoms with E-state index in [1.807, 2.05) is 29.6 Å². The number of methoxy groups -OCH3 is 1. The maximum Gasteiger partial charge on any atom is 0.317 e. The molecule has 1 aromatic carbocycles. The van der Waals surface area contributed by atoms with Crippen molar-refractivity contribution in [2.45, 2.75) is 18.8 Å². The van der Waals surface area contributed by atoms with Crippen molar-refractivity contribution in [3.05, 3.63) is 45.9 Å². The van der Waals surface area contributed by atoms with E-state index in [1.54, 1.807) is 42.2 Å². The number of urea groups is 1. The molecule has 23 heavy (non-hydrogen) atoms. The first-order valence-electron chi connectivity index (χ1n) is 7.17. The van der Waals surface area contributed by atoms with Crippen LogP contribution in [0.25, 0.3) is 0 Å². The number of para-hydroxylation sites is 1. The van der Waals surface area contributed by atoms with E-state index in [1.165, 1.54) is 0 Å². The number of nitrogens with zero attached hydrogens (tertiary/aromatic N) is 2. The molecule has 1 heterocycles. The SMILES string of the molecule is COc1ccccc1CN(C)C(=O)NCc1csc(CSC)n1. The number of hydrogen-bond donors (Lipinski definition) is 1. The normalized spacial score (nSPS) is 10.4. The van der Waals surface area contributed by atoms with E-state index < -0.39 is 0 Å². The van der Waals surface area contributed by atoms with Crippen LogP contribution >= 0.6 is 23.1 Å². The minimum Gasteiger partial charge on any atom is -0.496 e. The van der Waals surface area contributed by atoms with Crippen LogP contribution in [0.15, 0.2) is 29.6 Å². The van der Waals surface area contributed by atoms with Crippen molar-refractivity contribution < 1.29 is 9.53 Å². The summed E-state index contributed by atoms with van der Waals surface area (Å²) in [6, 6.07) is 7.57. The topological polar surface area (TPSA) is 54.5 Å². The Kier molecular flexibility index (Phi) is 6.73. The molecular weight excluding hydrogens is 330 g/mol. The predicted molar refractivity (Wildman–Crippen MR) is 96.0 cm³/mol. The Hall–Kier alpha value is -1.73. The molecule has 7 heteroatoms. The third kappa shape index (κ3) is 5.14. The molecule has 0 bridgehead atoms. The van der Waals surface area contributed by atoms with Crippen LogP contribution in [-0.2, 0) is 18.8 Å². The van der Waals surface area contributed by atoms with Crippen LogP contribution in [0.4, 0.5) is 4.79 Å². The van der Waals surface area contributed by atoms with Gasteiger partial charge in [-0.3, -0.25) is 0 Å². The lowest BCUT2D eigenvalue weighted by Crippen LogP contribution is -2.36. The molecule has 2 amide bonds. The summed E-state index contributed by atoms with van der Waals surface area (Å²) in [7, 11) is 3.40. The van der Waals surface area contributed by atoms with Crippen LogP contribution in [0.1, 0.15) is 16.3 Å². The number of thioether (sulfide) groups is 1. The van der Waals surface area contributed by atoms with Gasteiger partial charge < -0.3 is 15.0 Å². The zero-order chi connectivity index (χ0) is 16.7. The van der Waals surface area contributed by atoms with Gasteiger partial charge in [-0.2, -0.15) is 11.8 Å². The molecule has 2 aromatic rings. The van der Waals surface area contributed by atoms with Gasteiger partial charge in [0, 0.05) is 23.7 Å². The van der Waals surface area contributed by atoms with Gasteiger partial charge in [0.15, 0.2) is 0 Å². The van der Waals surface area contributed by atoms with Crippen molar-refractivity contribution in [3.63, 3.8) is 0 Å². The lowest BCUT2D eigenvalue weighted by molar-refractivity contribution is 0.206. The summed E-state index contributed by atoms with van der Waals surface area (Å²) in [6.07, 6.45) is 2.05. The molecule has 0 aliphatic rings. The fourth-order valence-corrected chi connectivity index (χ4v) is 3.60. The highest BCUT2D eigenvalue weighted by Crippen LogP contribution is 2.19. The van der Waals surface area contributed by atoms with E-state index in [0.29, 0.717) is 13.1 Å². The predicted octanol–water partition coefficient (Wildman–Crippen LogP) is 3.36. The molecule has 0 unspecified atom stereocenters. The van der Waals surface area contributed by atoms with Crippen molar-refractivity contribution >= 4 is 29.1 Å². The highest BCUT2D eigenvalue weighted by atomic mass is 32.2. The maximum atomic E-state index is 12.2. The average Bonchev–Trinajstić information content (AvgIpc) is 3.01.